The minimum absolute atomic E-state index is 0.367. The molecule has 1 unspecified atom stereocenters. The summed E-state index contributed by atoms with van der Waals surface area (Å²) in [4.78, 5) is 12.8. The lowest BCUT2D eigenvalue weighted by Gasteiger charge is -2.27. The summed E-state index contributed by atoms with van der Waals surface area (Å²) in [6.45, 7) is 13.9. The van der Waals surface area contributed by atoms with Crippen molar-refractivity contribution in [3.63, 3.8) is 0 Å². The van der Waals surface area contributed by atoms with Crippen LogP contribution in [0.2, 0.25) is 0 Å². The predicted octanol–water partition coefficient (Wildman–Crippen LogP) is 8.31. The zero-order valence-corrected chi connectivity index (χ0v) is 23.6. The van der Waals surface area contributed by atoms with Crippen LogP contribution in [-0.2, 0) is 5.79 Å². The number of benzene rings is 5. The third-order valence-corrected chi connectivity index (χ3v) is 7.89. The summed E-state index contributed by atoms with van der Waals surface area (Å²) in [5, 5.41) is 15.2. The Hall–Kier alpha value is -4.15. The number of carbonyl (C=O) groups is 1. The fourth-order valence-corrected chi connectivity index (χ4v) is 4.99. The van der Waals surface area contributed by atoms with Gasteiger partial charge in [0.2, 0.25) is 5.79 Å². The smallest absolute Gasteiger partial charge is 0.343 e. The van der Waals surface area contributed by atoms with Crippen molar-refractivity contribution in [2.24, 2.45) is 0 Å². The van der Waals surface area contributed by atoms with Gasteiger partial charge in [0.1, 0.15) is 11.5 Å². The van der Waals surface area contributed by atoms with E-state index in [4.69, 9.17) is 9.47 Å². The molecule has 0 aliphatic heterocycles. The van der Waals surface area contributed by atoms with Gasteiger partial charge < -0.3 is 14.6 Å². The van der Waals surface area contributed by atoms with E-state index in [2.05, 4.69) is 26.0 Å². The van der Waals surface area contributed by atoms with E-state index >= 15 is 0 Å². The van der Waals surface area contributed by atoms with Crippen molar-refractivity contribution in [3.8, 4) is 11.5 Å². The molecule has 0 amide bonds. The van der Waals surface area contributed by atoms with Crippen LogP contribution in [-0.4, -0.2) is 11.1 Å². The first-order chi connectivity index (χ1) is 18.4. The number of aryl methyl sites for hydroxylation is 4. The molecule has 4 nitrogen and oxygen atoms in total. The highest BCUT2D eigenvalue weighted by Crippen LogP contribution is 2.33. The van der Waals surface area contributed by atoms with E-state index < -0.39 is 5.79 Å². The predicted molar refractivity (Wildman–Crippen MR) is 158 cm³/mol. The molecule has 4 heteroatoms. The molecule has 0 saturated carbocycles. The number of hydrogen-bond donors (Lipinski definition) is 1. The molecule has 1 N–H and O–H groups in total. The van der Waals surface area contributed by atoms with E-state index in [0.29, 0.717) is 17.1 Å². The Morgan fingerprint density at radius 1 is 0.615 bits per heavy atom. The minimum Gasteiger partial charge on any atom is -0.459 e. The number of esters is 1. The lowest BCUT2D eigenvalue weighted by molar-refractivity contribution is -0.129. The summed E-state index contributed by atoms with van der Waals surface area (Å²) in [6, 6.07) is 23.3. The summed E-state index contributed by atoms with van der Waals surface area (Å²) in [5.74, 6) is -0.755. The normalized spacial score (nSPS) is 12.9. The average molecular weight is 519 g/mol. The third kappa shape index (κ3) is 5.25. The molecule has 5 aromatic carbocycles. The van der Waals surface area contributed by atoms with E-state index in [-0.39, 0.29) is 5.97 Å². The summed E-state index contributed by atoms with van der Waals surface area (Å²) < 4.78 is 11.8. The van der Waals surface area contributed by atoms with E-state index in [1.54, 1.807) is 6.92 Å². The Morgan fingerprint density at radius 2 is 1.08 bits per heavy atom. The van der Waals surface area contributed by atoms with E-state index in [1.807, 2.05) is 88.4 Å². The number of ether oxygens (including phenoxy) is 2. The van der Waals surface area contributed by atoms with Crippen LogP contribution in [0.5, 0.6) is 11.5 Å². The minimum atomic E-state index is -1.47. The first-order valence-electron chi connectivity index (χ1n) is 13.2. The SMILES string of the molecule is Cc1cc(C(=O)Oc2ccc3cc4cc(OC(C)(O)c5cc(C)c(C)c(C)c5)ccc4cc3c2)cc(C)c1C. The Bertz CT molecular complexity index is 1710. The molecule has 0 bridgehead atoms. The van der Waals surface area contributed by atoms with Gasteiger partial charge in [-0.3, -0.25) is 0 Å². The molecular weight excluding hydrogens is 484 g/mol. The van der Waals surface area contributed by atoms with Crippen molar-refractivity contribution in [2.75, 3.05) is 0 Å². The largest absolute Gasteiger partial charge is 0.459 e. The topological polar surface area (TPSA) is 55.8 Å². The fraction of sp³-hybridized carbons (Fsp3) is 0.229. The molecule has 0 heterocycles. The van der Waals surface area contributed by atoms with Crippen molar-refractivity contribution in [2.45, 2.75) is 54.3 Å². The summed E-state index contributed by atoms with van der Waals surface area (Å²) >= 11 is 0. The Labute approximate surface area is 229 Å². The monoisotopic (exact) mass is 518 g/mol. The van der Waals surface area contributed by atoms with Gasteiger partial charge in [0.25, 0.3) is 0 Å². The van der Waals surface area contributed by atoms with Gasteiger partial charge >= 0.3 is 5.97 Å². The van der Waals surface area contributed by atoms with Crippen LogP contribution in [0.3, 0.4) is 0 Å². The highest BCUT2D eigenvalue weighted by molar-refractivity contribution is 5.99. The maximum absolute atomic E-state index is 12.8. The number of aliphatic hydroxyl groups is 1. The van der Waals surface area contributed by atoms with E-state index in [0.717, 1.165) is 49.4 Å². The van der Waals surface area contributed by atoms with Crippen LogP contribution >= 0.6 is 0 Å². The second-order valence-corrected chi connectivity index (χ2v) is 10.8. The number of fused-ring (bicyclic) bond motifs is 2. The molecule has 0 fully saturated rings. The van der Waals surface area contributed by atoms with Crippen molar-refractivity contribution in [3.05, 3.63) is 117 Å². The zero-order valence-electron chi connectivity index (χ0n) is 23.6. The van der Waals surface area contributed by atoms with Gasteiger partial charge in [0, 0.05) is 12.5 Å². The fourth-order valence-electron chi connectivity index (χ4n) is 4.99. The molecule has 1 atom stereocenters. The Kier molecular flexibility index (Phi) is 6.69. The molecule has 0 aliphatic rings. The van der Waals surface area contributed by atoms with Crippen molar-refractivity contribution in [1.29, 1.82) is 0 Å². The standard InChI is InChI=1S/C35H34O4/c1-20-12-30(13-21(2)24(20)5)34(36)38-32-10-8-26-17-29-19-33(11-9-27(29)16-28(26)18-32)39-35(7,37)31-14-22(3)25(6)23(4)15-31/h8-19,37H,1-7H3. The first kappa shape index (κ1) is 26.5. The van der Waals surface area contributed by atoms with Crippen LogP contribution in [0, 0.1) is 41.5 Å². The molecule has 39 heavy (non-hydrogen) atoms. The van der Waals surface area contributed by atoms with Crippen LogP contribution in [0.15, 0.2) is 72.8 Å². The third-order valence-electron chi connectivity index (χ3n) is 7.89. The molecule has 0 spiro atoms. The van der Waals surface area contributed by atoms with Gasteiger partial charge in [-0.25, -0.2) is 4.79 Å². The Morgan fingerprint density at radius 3 is 1.62 bits per heavy atom. The molecule has 5 aromatic rings. The molecule has 0 aromatic heterocycles. The van der Waals surface area contributed by atoms with Crippen LogP contribution < -0.4 is 9.47 Å². The van der Waals surface area contributed by atoms with Crippen molar-refractivity contribution >= 4 is 27.5 Å². The Balaban J connectivity index is 1.40. The van der Waals surface area contributed by atoms with Gasteiger partial charge in [-0.1, -0.05) is 12.1 Å². The van der Waals surface area contributed by atoms with Gasteiger partial charge in [-0.15, -0.1) is 0 Å². The molecule has 0 saturated heterocycles. The lowest BCUT2D eigenvalue weighted by Crippen LogP contribution is -2.29. The zero-order chi connectivity index (χ0) is 28.1. The van der Waals surface area contributed by atoms with Crippen molar-refractivity contribution in [1.82, 2.24) is 0 Å². The summed E-state index contributed by atoms with van der Waals surface area (Å²) in [5.41, 5.74) is 8.04. The van der Waals surface area contributed by atoms with Gasteiger partial charge in [0.15, 0.2) is 0 Å². The van der Waals surface area contributed by atoms with E-state index in [1.165, 1.54) is 11.1 Å². The van der Waals surface area contributed by atoms with Crippen LogP contribution in [0.1, 0.15) is 56.2 Å². The second kappa shape index (κ2) is 9.87. The molecule has 198 valence electrons. The molecule has 0 radical (unpaired) electrons. The maximum Gasteiger partial charge on any atom is 0.343 e. The maximum atomic E-state index is 12.8. The highest BCUT2D eigenvalue weighted by atomic mass is 16.6. The first-order valence-corrected chi connectivity index (χ1v) is 13.2. The van der Waals surface area contributed by atoms with Crippen LogP contribution in [0.4, 0.5) is 0 Å². The highest BCUT2D eigenvalue weighted by Gasteiger charge is 2.26. The van der Waals surface area contributed by atoms with Gasteiger partial charge in [-0.05, 0) is 157 Å². The average Bonchev–Trinajstić information content (AvgIpc) is 2.88. The van der Waals surface area contributed by atoms with Gasteiger partial charge in [0.05, 0.1) is 5.56 Å². The molecule has 0 aliphatic carbocycles. The lowest BCUT2D eigenvalue weighted by atomic mass is 9.96. The van der Waals surface area contributed by atoms with Crippen molar-refractivity contribution < 1.29 is 19.4 Å². The van der Waals surface area contributed by atoms with Crippen LogP contribution in [0.25, 0.3) is 21.5 Å². The van der Waals surface area contributed by atoms with E-state index in [9.17, 15) is 9.90 Å². The molecule has 5 rings (SSSR count). The van der Waals surface area contributed by atoms with Gasteiger partial charge in [-0.2, -0.15) is 0 Å². The summed E-state index contributed by atoms with van der Waals surface area (Å²) in [6.07, 6.45) is 0. The quantitative estimate of drug-likeness (QED) is 0.110. The molecular formula is C35H34O4. The number of hydrogen-bond acceptors (Lipinski definition) is 4. The number of carbonyl (C=O) groups excluding carboxylic acids is 1. The summed E-state index contributed by atoms with van der Waals surface area (Å²) in [7, 11) is 0. The number of rotatable bonds is 5. The second-order valence-electron chi connectivity index (χ2n) is 10.8.